The van der Waals surface area contributed by atoms with E-state index in [1.807, 2.05) is 49.4 Å². The summed E-state index contributed by atoms with van der Waals surface area (Å²) < 4.78 is 28.0. The number of sulfone groups is 1. The van der Waals surface area contributed by atoms with Crippen LogP contribution in [0.15, 0.2) is 88.7 Å². The van der Waals surface area contributed by atoms with Crippen LogP contribution in [0, 0.1) is 6.92 Å². The van der Waals surface area contributed by atoms with Crippen molar-refractivity contribution in [2.75, 3.05) is 5.32 Å². The molecule has 0 saturated carbocycles. The summed E-state index contributed by atoms with van der Waals surface area (Å²) in [6, 6.07) is 23.0. The van der Waals surface area contributed by atoms with Crippen LogP contribution in [-0.2, 0) is 9.84 Å². The normalized spacial score (nSPS) is 11.8. The summed E-state index contributed by atoms with van der Waals surface area (Å²) in [7, 11) is -3.64. The number of aryl methyl sites for hydroxylation is 1. The Balaban J connectivity index is 1.45. The second kappa shape index (κ2) is 9.37. The fraction of sp³-hybridized carbons (Fsp3) is 0.148. The van der Waals surface area contributed by atoms with Crippen LogP contribution in [0.5, 0.6) is 0 Å². The number of hydrogen-bond acceptors (Lipinski definition) is 6. The highest BCUT2D eigenvalue weighted by atomic mass is 35.5. The van der Waals surface area contributed by atoms with Crippen LogP contribution in [0.2, 0.25) is 5.15 Å². The van der Waals surface area contributed by atoms with Crippen molar-refractivity contribution in [2.24, 2.45) is 0 Å². The molecule has 3 aromatic carbocycles. The topological polar surface area (TPSA) is 89.8 Å². The first-order chi connectivity index (χ1) is 17.2. The minimum absolute atomic E-state index is 0.213. The van der Waals surface area contributed by atoms with E-state index in [9.17, 15) is 8.42 Å². The van der Waals surface area contributed by atoms with Gasteiger partial charge >= 0.3 is 0 Å². The molecule has 0 atom stereocenters. The van der Waals surface area contributed by atoms with Crippen molar-refractivity contribution in [1.82, 2.24) is 19.7 Å². The van der Waals surface area contributed by atoms with Gasteiger partial charge in [0.2, 0.25) is 9.84 Å². The standard InChI is InChI=1S/C27H24ClN5O2S/c1-17(2)19-8-12-21(13-9-19)36(34,35)22-14-10-20(11-15-22)33-25(16-18(3)32-33)31-27-26(28)29-23-6-4-5-7-24(23)30-27/h4-17H,1-3H3,(H,30,31). The van der Waals surface area contributed by atoms with E-state index in [1.54, 1.807) is 41.1 Å². The average Bonchev–Trinajstić information content (AvgIpc) is 3.24. The van der Waals surface area contributed by atoms with Gasteiger partial charge in [-0.15, -0.1) is 0 Å². The molecule has 0 aliphatic carbocycles. The van der Waals surface area contributed by atoms with E-state index in [2.05, 4.69) is 34.2 Å². The molecule has 0 spiro atoms. The Morgan fingerprint density at radius 3 is 2.06 bits per heavy atom. The third kappa shape index (κ3) is 4.57. The minimum Gasteiger partial charge on any atom is -0.322 e. The third-order valence-corrected chi connectivity index (χ3v) is 7.90. The number of halogens is 1. The Bertz CT molecular complexity index is 1660. The second-order valence-electron chi connectivity index (χ2n) is 8.78. The van der Waals surface area contributed by atoms with Gasteiger partial charge in [-0.1, -0.05) is 49.7 Å². The molecule has 9 heteroatoms. The van der Waals surface area contributed by atoms with Crippen molar-refractivity contribution in [3.8, 4) is 5.69 Å². The Hall–Kier alpha value is -3.75. The third-order valence-electron chi connectivity index (χ3n) is 5.85. The van der Waals surface area contributed by atoms with Gasteiger partial charge in [0.05, 0.1) is 32.2 Å². The molecule has 0 saturated heterocycles. The van der Waals surface area contributed by atoms with E-state index < -0.39 is 9.84 Å². The largest absolute Gasteiger partial charge is 0.322 e. The summed E-state index contributed by atoms with van der Waals surface area (Å²) in [5.41, 5.74) is 3.96. The van der Waals surface area contributed by atoms with Crippen LogP contribution in [0.3, 0.4) is 0 Å². The lowest BCUT2D eigenvalue weighted by Crippen LogP contribution is -2.06. The first kappa shape index (κ1) is 24.0. The van der Waals surface area contributed by atoms with Crippen molar-refractivity contribution < 1.29 is 8.42 Å². The molecule has 182 valence electrons. The molecule has 2 heterocycles. The number of nitrogens with one attached hydrogen (secondary N) is 1. The molecule has 0 aliphatic heterocycles. The van der Waals surface area contributed by atoms with Crippen molar-refractivity contribution in [3.05, 3.63) is 95.3 Å². The number of rotatable bonds is 6. The quantitative estimate of drug-likeness (QED) is 0.277. The highest BCUT2D eigenvalue weighted by molar-refractivity contribution is 7.91. The molecule has 5 rings (SSSR count). The fourth-order valence-corrected chi connectivity index (χ4v) is 5.34. The summed E-state index contributed by atoms with van der Waals surface area (Å²) in [6.07, 6.45) is 0. The van der Waals surface area contributed by atoms with Gasteiger partial charge in [0, 0.05) is 6.07 Å². The van der Waals surface area contributed by atoms with Crippen LogP contribution in [0.25, 0.3) is 16.7 Å². The van der Waals surface area contributed by atoms with Crippen LogP contribution in [0.4, 0.5) is 11.6 Å². The van der Waals surface area contributed by atoms with Crippen LogP contribution >= 0.6 is 11.6 Å². The lowest BCUT2D eigenvalue weighted by atomic mass is 10.0. The smallest absolute Gasteiger partial charge is 0.206 e. The molecule has 0 radical (unpaired) electrons. The molecule has 0 bridgehead atoms. The Morgan fingerprint density at radius 1 is 0.861 bits per heavy atom. The number of nitrogens with zero attached hydrogens (tertiary/aromatic N) is 4. The lowest BCUT2D eigenvalue weighted by molar-refractivity contribution is 0.596. The van der Waals surface area contributed by atoms with E-state index in [1.165, 1.54) is 0 Å². The molecule has 7 nitrogen and oxygen atoms in total. The minimum atomic E-state index is -3.64. The summed E-state index contributed by atoms with van der Waals surface area (Å²) in [5, 5.41) is 8.01. The molecule has 0 aliphatic rings. The summed E-state index contributed by atoms with van der Waals surface area (Å²) in [5.74, 6) is 1.36. The van der Waals surface area contributed by atoms with Gasteiger partial charge in [-0.25, -0.2) is 23.1 Å². The molecular weight excluding hydrogens is 494 g/mol. The predicted octanol–water partition coefficient (Wildman–Crippen LogP) is 6.48. The van der Waals surface area contributed by atoms with Crippen LogP contribution in [-0.4, -0.2) is 28.2 Å². The van der Waals surface area contributed by atoms with Gasteiger partial charge in [-0.3, -0.25) is 0 Å². The molecule has 5 aromatic rings. The monoisotopic (exact) mass is 517 g/mol. The van der Waals surface area contributed by atoms with Crippen LogP contribution in [0.1, 0.15) is 31.0 Å². The van der Waals surface area contributed by atoms with E-state index in [0.29, 0.717) is 34.3 Å². The predicted molar refractivity (Wildman–Crippen MR) is 142 cm³/mol. The van der Waals surface area contributed by atoms with E-state index in [-0.39, 0.29) is 14.9 Å². The maximum absolute atomic E-state index is 13.2. The maximum Gasteiger partial charge on any atom is 0.206 e. The molecule has 0 unspecified atom stereocenters. The number of para-hydroxylation sites is 2. The Morgan fingerprint density at radius 2 is 1.44 bits per heavy atom. The van der Waals surface area contributed by atoms with E-state index >= 15 is 0 Å². The lowest BCUT2D eigenvalue weighted by Gasteiger charge is -2.12. The number of aromatic nitrogens is 4. The zero-order chi connectivity index (χ0) is 25.4. The molecular formula is C27H24ClN5O2S. The summed E-state index contributed by atoms with van der Waals surface area (Å²) in [4.78, 5) is 9.47. The number of anilines is 2. The maximum atomic E-state index is 13.2. The highest BCUT2D eigenvalue weighted by Gasteiger charge is 2.19. The second-order valence-corrected chi connectivity index (χ2v) is 11.1. The van der Waals surface area contributed by atoms with Crippen LogP contribution < -0.4 is 5.32 Å². The first-order valence-electron chi connectivity index (χ1n) is 11.4. The van der Waals surface area contributed by atoms with Crippen molar-refractivity contribution in [2.45, 2.75) is 36.5 Å². The fourth-order valence-electron chi connectivity index (χ4n) is 3.90. The van der Waals surface area contributed by atoms with Gasteiger partial charge in [0.25, 0.3) is 0 Å². The van der Waals surface area contributed by atoms with Gasteiger partial charge in [-0.05, 0) is 66.9 Å². The van der Waals surface area contributed by atoms with Crippen molar-refractivity contribution >= 4 is 44.1 Å². The van der Waals surface area contributed by atoms with Gasteiger partial charge in [-0.2, -0.15) is 5.10 Å². The molecule has 0 amide bonds. The van der Waals surface area contributed by atoms with E-state index in [4.69, 9.17) is 11.6 Å². The molecule has 36 heavy (non-hydrogen) atoms. The van der Waals surface area contributed by atoms with Gasteiger partial charge < -0.3 is 5.32 Å². The van der Waals surface area contributed by atoms with E-state index in [0.717, 1.165) is 11.3 Å². The average molecular weight is 518 g/mol. The molecule has 1 N–H and O–H groups in total. The van der Waals surface area contributed by atoms with Gasteiger partial charge in [0.15, 0.2) is 11.0 Å². The zero-order valence-corrected chi connectivity index (χ0v) is 21.5. The van der Waals surface area contributed by atoms with Crippen molar-refractivity contribution in [3.63, 3.8) is 0 Å². The van der Waals surface area contributed by atoms with Crippen molar-refractivity contribution in [1.29, 1.82) is 0 Å². The van der Waals surface area contributed by atoms with Gasteiger partial charge in [0.1, 0.15) is 5.82 Å². The summed E-state index contributed by atoms with van der Waals surface area (Å²) >= 11 is 6.38. The number of fused-ring (bicyclic) bond motifs is 1. The zero-order valence-electron chi connectivity index (χ0n) is 20.0. The number of hydrogen-bond donors (Lipinski definition) is 1. The highest BCUT2D eigenvalue weighted by Crippen LogP contribution is 2.28. The Labute approximate surface area is 214 Å². The Kier molecular flexibility index (Phi) is 6.24. The number of benzene rings is 3. The summed E-state index contributed by atoms with van der Waals surface area (Å²) in [6.45, 7) is 6.01. The first-order valence-corrected chi connectivity index (χ1v) is 13.3. The molecule has 2 aromatic heterocycles. The SMILES string of the molecule is Cc1cc(Nc2nc3ccccc3nc2Cl)n(-c2ccc(S(=O)(=O)c3ccc(C(C)C)cc3)cc2)n1. The molecule has 0 fully saturated rings.